The van der Waals surface area contributed by atoms with E-state index in [2.05, 4.69) is 9.95 Å². The second kappa shape index (κ2) is 9.95. The van der Waals surface area contributed by atoms with Gasteiger partial charge in [0.1, 0.15) is 0 Å². The first-order valence-corrected chi connectivity index (χ1v) is 9.79. The number of para-hydroxylation sites is 2. The Labute approximate surface area is 196 Å². The van der Waals surface area contributed by atoms with Crippen LogP contribution in [0, 0.1) is 10.8 Å². The van der Waals surface area contributed by atoms with Gasteiger partial charge in [0.25, 0.3) is 0 Å². The lowest BCUT2D eigenvalue weighted by Crippen LogP contribution is -2.02. The minimum absolute atomic E-state index is 0.454. The lowest BCUT2D eigenvalue weighted by molar-refractivity contribution is 0.366. The molecule has 5 aromatic rings. The predicted octanol–water partition coefficient (Wildman–Crippen LogP) is 8.66. The van der Waals surface area contributed by atoms with Crippen LogP contribution in [0.4, 0.5) is 45.9 Å². The molecule has 36 heavy (non-hydrogen) atoms. The summed E-state index contributed by atoms with van der Waals surface area (Å²) in [5.41, 5.74) is 3.91. The van der Waals surface area contributed by atoms with E-state index in [-0.39, 0.29) is 0 Å². The first-order valence-electron chi connectivity index (χ1n) is 9.79. The molecule has 0 fully saturated rings. The van der Waals surface area contributed by atoms with E-state index in [1.807, 2.05) is 36.4 Å². The number of hydrogen-bond donors (Lipinski definition) is 0. The largest absolute Gasteiger partial charge is 0.673 e. The van der Waals surface area contributed by atoms with Crippen LogP contribution in [0.15, 0.2) is 60.7 Å². The summed E-state index contributed by atoms with van der Waals surface area (Å²) >= 11 is 0. The van der Waals surface area contributed by atoms with E-state index < -0.39 is 14.5 Å². The average molecular weight is 508 g/mol. The predicted molar refractivity (Wildman–Crippen MR) is 122 cm³/mol. The topological polar surface area (TPSA) is 82.1 Å². The Bertz CT molecular complexity index is 1540. The highest BCUT2D eigenvalue weighted by atomic mass is 19.5. The summed E-state index contributed by atoms with van der Waals surface area (Å²) in [6, 6.07) is 18.5. The highest BCUT2D eigenvalue weighted by Crippen LogP contribution is 2.37. The molecule has 0 unspecified atom stereocenters. The van der Waals surface area contributed by atoms with Crippen LogP contribution < -0.4 is 0 Å². The van der Waals surface area contributed by atoms with Crippen molar-refractivity contribution in [2.45, 2.75) is 0 Å². The molecule has 0 amide bonds. The van der Waals surface area contributed by atoms with E-state index in [1.165, 1.54) is 0 Å². The van der Waals surface area contributed by atoms with E-state index in [1.54, 1.807) is 24.3 Å². The van der Waals surface area contributed by atoms with Crippen LogP contribution in [-0.4, -0.2) is 24.5 Å². The molecule has 0 radical (unpaired) electrons. The molecular formula is C20H10B2F8N6. The molecule has 0 aliphatic rings. The van der Waals surface area contributed by atoms with Gasteiger partial charge in [0.05, 0.1) is 22.1 Å². The smallest absolute Gasteiger partial charge is 0.418 e. The van der Waals surface area contributed by atoms with Crippen LogP contribution in [0.25, 0.3) is 53.6 Å². The third-order valence-corrected chi connectivity index (χ3v) is 4.61. The zero-order chi connectivity index (χ0) is 26.7. The summed E-state index contributed by atoms with van der Waals surface area (Å²) in [6.45, 7) is 0. The zero-order valence-electron chi connectivity index (χ0n) is 17.6. The van der Waals surface area contributed by atoms with Gasteiger partial charge in [-0.2, -0.15) is 0 Å². The normalized spacial score (nSPS) is 11.3. The van der Waals surface area contributed by atoms with Crippen molar-refractivity contribution in [3.05, 3.63) is 70.6 Å². The summed E-state index contributed by atoms with van der Waals surface area (Å²) in [4.78, 5) is 16.2. The van der Waals surface area contributed by atoms with Crippen molar-refractivity contribution in [2.75, 3.05) is 0 Å². The third kappa shape index (κ3) is 6.50. The summed E-state index contributed by atoms with van der Waals surface area (Å²) in [5, 5.41) is 22.0. The first kappa shape index (κ1) is 26.0. The number of hydrogen-bond acceptors (Lipinski definition) is 4. The molecule has 0 bridgehead atoms. The summed E-state index contributed by atoms with van der Waals surface area (Å²) in [5.74, 6) is 0. The SMILES string of the molecule is F[B-](F)(F)F.F[B-](F)(F)F.N#[N+]c1ccc2c3ccc([N+]#N)cc3c3nc4ccccc4nc3c2c1. The Hall–Kier alpha value is -4.59. The lowest BCUT2D eigenvalue weighted by atomic mass is 9.98. The Kier molecular flexibility index (Phi) is 7.19. The number of rotatable bonds is 0. The molecule has 0 spiro atoms. The molecule has 0 aliphatic carbocycles. The van der Waals surface area contributed by atoms with E-state index in [0.717, 1.165) is 32.6 Å². The maximum absolute atomic E-state index is 9.75. The van der Waals surface area contributed by atoms with Crippen molar-refractivity contribution in [3.8, 4) is 0 Å². The third-order valence-electron chi connectivity index (χ3n) is 4.61. The van der Waals surface area contributed by atoms with Gasteiger partial charge in [-0.25, -0.2) is 9.97 Å². The fraction of sp³-hybridized carbons (Fsp3) is 0. The number of nitrogens with zero attached hydrogens (tertiary/aromatic N) is 6. The van der Waals surface area contributed by atoms with Crippen LogP contribution in [0.3, 0.4) is 0 Å². The fourth-order valence-corrected chi connectivity index (χ4v) is 3.43. The van der Waals surface area contributed by atoms with Crippen molar-refractivity contribution < 1.29 is 34.5 Å². The van der Waals surface area contributed by atoms with Gasteiger partial charge in [-0.05, 0) is 35.0 Å². The van der Waals surface area contributed by atoms with Gasteiger partial charge in [0.15, 0.2) is 9.95 Å². The molecule has 0 saturated heterocycles. The molecule has 0 N–H and O–H groups in total. The lowest BCUT2D eigenvalue weighted by Gasteiger charge is -2.08. The van der Waals surface area contributed by atoms with Crippen molar-refractivity contribution in [2.24, 2.45) is 0 Å². The Morgan fingerprint density at radius 2 is 0.861 bits per heavy atom. The quantitative estimate of drug-likeness (QED) is 0.0690. The highest BCUT2D eigenvalue weighted by Gasteiger charge is 2.21. The summed E-state index contributed by atoms with van der Waals surface area (Å²) in [6.07, 6.45) is 0. The van der Waals surface area contributed by atoms with Crippen LogP contribution in [0.2, 0.25) is 0 Å². The molecule has 16 heteroatoms. The molecule has 0 aliphatic heterocycles. The highest BCUT2D eigenvalue weighted by molar-refractivity contribution is 6.50. The van der Waals surface area contributed by atoms with Crippen LogP contribution >= 0.6 is 0 Å². The maximum atomic E-state index is 9.75. The molecule has 1 heterocycles. The van der Waals surface area contributed by atoms with Gasteiger partial charge in [-0.15, -0.1) is 0 Å². The summed E-state index contributed by atoms with van der Waals surface area (Å²) in [7, 11) is -12.0. The number of fused-ring (bicyclic) bond motifs is 7. The van der Waals surface area contributed by atoms with Gasteiger partial charge in [0, 0.05) is 35.0 Å². The molecule has 5 rings (SSSR count). The Morgan fingerprint density at radius 3 is 1.17 bits per heavy atom. The first-order chi connectivity index (χ1) is 16.8. The molecule has 6 nitrogen and oxygen atoms in total. The van der Waals surface area contributed by atoms with Gasteiger partial charge in [-0.3, -0.25) is 0 Å². The van der Waals surface area contributed by atoms with Gasteiger partial charge < -0.3 is 34.5 Å². The van der Waals surface area contributed by atoms with Crippen LogP contribution in [0.5, 0.6) is 0 Å². The minimum atomic E-state index is -6.00. The number of aromatic nitrogens is 2. The summed E-state index contributed by atoms with van der Waals surface area (Å²) < 4.78 is 78.0. The van der Waals surface area contributed by atoms with Crippen molar-refractivity contribution in [3.63, 3.8) is 0 Å². The van der Waals surface area contributed by atoms with Gasteiger partial charge in [0.2, 0.25) is 10.8 Å². The van der Waals surface area contributed by atoms with Crippen molar-refractivity contribution in [1.29, 1.82) is 10.8 Å². The van der Waals surface area contributed by atoms with E-state index in [4.69, 9.17) is 9.97 Å². The molecule has 0 saturated carbocycles. The van der Waals surface area contributed by atoms with E-state index in [0.29, 0.717) is 22.4 Å². The molecular weight excluding hydrogens is 498 g/mol. The molecule has 0 atom stereocenters. The zero-order valence-corrected chi connectivity index (χ0v) is 17.6. The maximum Gasteiger partial charge on any atom is 0.673 e. The molecule has 182 valence electrons. The number of halogens is 8. The second-order valence-corrected chi connectivity index (χ2v) is 7.06. The number of diazo groups is 2. The van der Waals surface area contributed by atoms with Gasteiger partial charge >= 0.3 is 25.9 Å². The monoisotopic (exact) mass is 508 g/mol. The molecule has 4 aromatic carbocycles. The van der Waals surface area contributed by atoms with Gasteiger partial charge in [-0.1, -0.05) is 12.1 Å². The fourth-order valence-electron chi connectivity index (χ4n) is 3.43. The van der Waals surface area contributed by atoms with Crippen molar-refractivity contribution >= 4 is 69.5 Å². The minimum Gasteiger partial charge on any atom is -0.418 e. The Balaban J connectivity index is 0.000000310. The number of benzene rings is 4. The van der Waals surface area contributed by atoms with Crippen LogP contribution in [-0.2, 0) is 0 Å². The standard InChI is InChI=1S/C20H10N6.2BF4/c21-25-11-5-7-13-14-8-6-12(26-22)10-16(14)20-19(15(13)9-11)23-17-3-1-2-4-18(17)24-20;2*2-1(3,4)5/h1-10H;;/q+2;2*-1. The second-order valence-electron chi connectivity index (χ2n) is 7.06. The van der Waals surface area contributed by atoms with E-state index in [9.17, 15) is 45.3 Å². The van der Waals surface area contributed by atoms with Crippen LogP contribution in [0.1, 0.15) is 0 Å². The molecule has 1 aromatic heterocycles. The van der Waals surface area contributed by atoms with Crippen molar-refractivity contribution in [1.82, 2.24) is 9.97 Å². The van der Waals surface area contributed by atoms with E-state index >= 15 is 0 Å². The average Bonchev–Trinajstić information content (AvgIpc) is 2.80. The Morgan fingerprint density at radius 1 is 0.528 bits per heavy atom.